The SMILES string of the molecule is CCCNC(c1csc(C)n1)C(C)CCC. The molecule has 1 heterocycles. The van der Waals surface area contributed by atoms with Crippen molar-refractivity contribution in [2.45, 2.75) is 53.0 Å². The molecule has 0 spiro atoms. The van der Waals surface area contributed by atoms with E-state index in [4.69, 9.17) is 0 Å². The third-order valence-electron chi connectivity index (χ3n) is 2.88. The summed E-state index contributed by atoms with van der Waals surface area (Å²) in [4.78, 5) is 4.62. The predicted octanol–water partition coefficient (Wildman–Crippen LogP) is 3.93. The normalized spacial score (nSPS) is 15.0. The molecule has 3 heteroatoms. The highest BCUT2D eigenvalue weighted by Crippen LogP contribution is 2.26. The lowest BCUT2D eigenvalue weighted by atomic mass is 9.95. The molecule has 0 amide bonds. The van der Waals surface area contributed by atoms with Crippen LogP contribution in [0.25, 0.3) is 0 Å². The van der Waals surface area contributed by atoms with E-state index in [1.807, 2.05) is 0 Å². The molecule has 92 valence electrons. The minimum atomic E-state index is 0.435. The molecule has 0 saturated heterocycles. The van der Waals surface area contributed by atoms with Gasteiger partial charge in [-0.15, -0.1) is 11.3 Å². The molecule has 16 heavy (non-hydrogen) atoms. The number of hydrogen-bond acceptors (Lipinski definition) is 3. The van der Waals surface area contributed by atoms with E-state index in [1.165, 1.54) is 30.0 Å². The van der Waals surface area contributed by atoms with Gasteiger partial charge in [0.25, 0.3) is 0 Å². The number of rotatable bonds is 7. The largest absolute Gasteiger partial charge is 0.308 e. The van der Waals surface area contributed by atoms with Crippen molar-refractivity contribution < 1.29 is 0 Å². The van der Waals surface area contributed by atoms with Crippen molar-refractivity contribution in [1.29, 1.82) is 0 Å². The summed E-state index contributed by atoms with van der Waals surface area (Å²) in [5, 5.41) is 7.00. The summed E-state index contributed by atoms with van der Waals surface area (Å²) >= 11 is 1.75. The zero-order valence-corrected chi connectivity index (χ0v) is 11.7. The molecule has 0 aliphatic carbocycles. The van der Waals surface area contributed by atoms with Gasteiger partial charge in [-0.1, -0.05) is 27.2 Å². The summed E-state index contributed by atoms with van der Waals surface area (Å²) in [5.41, 5.74) is 1.23. The first-order valence-corrected chi connectivity index (χ1v) is 7.22. The van der Waals surface area contributed by atoms with Gasteiger partial charge in [-0.05, 0) is 32.2 Å². The van der Waals surface area contributed by atoms with Gasteiger partial charge in [0, 0.05) is 5.38 Å². The topological polar surface area (TPSA) is 24.9 Å². The van der Waals surface area contributed by atoms with Crippen molar-refractivity contribution in [3.05, 3.63) is 16.1 Å². The van der Waals surface area contributed by atoms with Gasteiger partial charge in [-0.2, -0.15) is 0 Å². The monoisotopic (exact) mass is 240 g/mol. The minimum absolute atomic E-state index is 0.435. The quantitative estimate of drug-likeness (QED) is 0.781. The van der Waals surface area contributed by atoms with E-state index >= 15 is 0 Å². The van der Waals surface area contributed by atoms with Gasteiger partial charge < -0.3 is 5.32 Å². The Balaban J connectivity index is 2.69. The molecule has 0 radical (unpaired) electrons. The number of aromatic nitrogens is 1. The fraction of sp³-hybridized carbons (Fsp3) is 0.769. The van der Waals surface area contributed by atoms with Crippen LogP contribution in [0, 0.1) is 12.8 Å². The molecule has 1 rings (SSSR count). The van der Waals surface area contributed by atoms with Crippen LogP contribution in [0.2, 0.25) is 0 Å². The Morgan fingerprint density at radius 2 is 2.12 bits per heavy atom. The molecule has 1 N–H and O–H groups in total. The number of aryl methyl sites for hydroxylation is 1. The smallest absolute Gasteiger partial charge is 0.0898 e. The average molecular weight is 240 g/mol. The van der Waals surface area contributed by atoms with Gasteiger partial charge in [0.05, 0.1) is 16.7 Å². The van der Waals surface area contributed by atoms with Gasteiger partial charge in [-0.25, -0.2) is 4.98 Å². The van der Waals surface area contributed by atoms with Gasteiger partial charge in [0.2, 0.25) is 0 Å². The second-order valence-electron chi connectivity index (χ2n) is 4.49. The molecule has 0 aromatic carbocycles. The van der Waals surface area contributed by atoms with Crippen LogP contribution in [0.4, 0.5) is 0 Å². The van der Waals surface area contributed by atoms with Crippen molar-refractivity contribution in [3.63, 3.8) is 0 Å². The summed E-state index contributed by atoms with van der Waals surface area (Å²) in [7, 11) is 0. The van der Waals surface area contributed by atoms with E-state index in [0.29, 0.717) is 12.0 Å². The molecule has 0 aliphatic rings. The van der Waals surface area contributed by atoms with Crippen molar-refractivity contribution in [3.8, 4) is 0 Å². The average Bonchev–Trinajstić information content (AvgIpc) is 2.66. The number of hydrogen-bond donors (Lipinski definition) is 1. The van der Waals surface area contributed by atoms with E-state index < -0.39 is 0 Å². The first-order chi connectivity index (χ1) is 7.69. The maximum absolute atomic E-state index is 4.62. The van der Waals surface area contributed by atoms with Crippen LogP contribution in [0.3, 0.4) is 0 Å². The molecule has 2 unspecified atom stereocenters. The van der Waals surface area contributed by atoms with Gasteiger partial charge in [0.15, 0.2) is 0 Å². The van der Waals surface area contributed by atoms with Crippen LogP contribution in [-0.2, 0) is 0 Å². The van der Waals surface area contributed by atoms with Crippen LogP contribution >= 0.6 is 11.3 Å². The van der Waals surface area contributed by atoms with Crippen molar-refractivity contribution >= 4 is 11.3 Å². The van der Waals surface area contributed by atoms with Gasteiger partial charge in [0.1, 0.15) is 0 Å². The Bertz CT molecular complexity index is 296. The second-order valence-corrected chi connectivity index (χ2v) is 5.55. The molecule has 0 fully saturated rings. The number of nitrogens with zero attached hydrogens (tertiary/aromatic N) is 1. The predicted molar refractivity (Wildman–Crippen MR) is 72.0 cm³/mol. The van der Waals surface area contributed by atoms with Crippen LogP contribution in [-0.4, -0.2) is 11.5 Å². The fourth-order valence-electron chi connectivity index (χ4n) is 2.04. The van der Waals surface area contributed by atoms with Crippen LogP contribution in [0.15, 0.2) is 5.38 Å². The highest BCUT2D eigenvalue weighted by atomic mass is 32.1. The molecule has 2 atom stereocenters. The summed E-state index contributed by atoms with van der Waals surface area (Å²) in [6.07, 6.45) is 3.69. The first-order valence-electron chi connectivity index (χ1n) is 6.34. The Hall–Kier alpha value is -0.410. The summed E-state index contributed by atoms with van der Waals surface area (Å²) in [5.74, 6) is 0.665. The van der Waals surface area contributed by atoms with E-state index in [9.17, 15) is 0 Å². The van der Waals surface area contributed by atoms with E-state index in [1.54, 1.807) is 11.3 Å². The lowest BCUT2D eigenvalue weighted by Gasteiger charge is -2.23. The third-order valence-corrected chi connectivity index (χ3v) is 3.67. The van der Waals surface area contributed by atoms with Crippen LogP contribution in [0.1, 0.15) is 56.8 Å². The van der Waals surface area contributed by atoms with Gasteiger partial charge in [-0.3, -0.25) is 0 Å². The summed E-state index contributed by atoms with van der Waals surface area (Å²) in [6, 6.07) is 0.435. The van der Waals surface area contributed by atoms with Crippen molar-refractivity contribution in [2.75, 3.05) is 6.54 Å². The summed E-state index contributed by atoms with van der Waals surface area (Å²) in [6.45, 7) is 9.94. The molecule has 1 aromatic rings. The minimum Gasteiger partial charge on any atom is -0.308 e. The standard InChI is InChI=1S/C13H24N2S/c1-5-7-10(3)13(14-8-6-2)12-9-16-11(4)15-12/h9-10,13-14H,5-8H2,1-4H3. The van der Waals surface area contributed by atoms with Crippen LogP contribution < -0.4 is 5.32 Å². The number of nitrogens with one attached hydrogen (secondary N) is 1. The molecule has 1 aromatic heterocycles. The second kappa shape index (κ2) is 7.02. The molecule has 2 nitrogen and oxygen atoms in total. The van der Waals surface area contributed by atoms with E-state index in [-0.39, 0.29) is 0 Å². The zero-order chi connectivity index (χ0) is 12.0. The highest BCUT2D eigenvalue weighted by Gasteiger charge is 2.20. The first kappa shape index (κ1) is 13.7. The molecule has 0 saturated carbocycles. The Kier molecular flexibility index (Phi) is 5.99. The van der Waals surface area contributed by atoms with E-state index in [2.05, 4.69) is 43.4 Å². The maximum atomic E-state index is 4.62. The lowest BCUT2D eigenvalue weighted by molar-refractivity contribution is 0.358. The third kappa shape index (κ3) is 3.87. The van der Waals surface area contributed by atoms with Crippen molar-refractivity contribution in [2.24, 2.45) is 5.92 Å². The Labute approximate surface area is 103 Å². The highest BCUT2D eigenvalue weighted by molar-refractivity contribution is 7.09. The fourth-order valence-corrected chi connectivity index (χ4v) is 2.69. The van der Waals surface area contributed by atoms with Crippen LogP contribution in [0.5, 0.6) is 0 Å². The zero-order valence-electron chi connectivity index (χ0n) is 10.9. The molecule has 0 aliphatic heterocycles. The Morgan fingerprint density at radius 3 is 2.62 bits per heavy atom. The maximum Gasteiger partial charge on any atom is 0.0898 e. The molecule has 0 bridgehead atoms. The van der Waals surface area contributed by atoms with Gasteiger partial charge >= 0.3 is 0 Å². The van der Waals surface area contributed by atoms with E-state index in [0.717, 1.165) is 6.54 Å². The molecular formula is C13H24N2S. The Morgan fingerprint density at radius 1 is 1.38 bits per heavy atom. The van der Waals surface area contributed by atoms with Crippen molar-refractivity contribution in [1.82, 2.24) is 10.3 Å². The molecular weight excluding hydrogens is 216 g/mol. The number of thiazole rings is 1. The lowest BCUT2D eigenvalue weighted by Crippen LogP contribution is -2.28. The summed E-state index contributed by atoms with van der Waals surface area (Å²) < 4.78 is 0.